The second kappa shape index (κ2) is 5.65. The lowest BCUT2D eigenvalue weighted by atomic mass is 10.2. The van der Waals surface area contributed by atoms with Crippen LogP contribution < -0.4 is 5.32 Å². The molecule has 4 heteroatoms. The van der Waals surface area contributed by atoms with E-state index in [-0.39, 0.29) is 11.7 Å². The summed E-state index contributed by atoms with van der Waals surface area (Å²) in [5.74, 6) is 0.948. The standard InChI is InChI=1S/C10H12FNOS/c1-12-10(13)7-14-6-8-2-4-9(11)5-3-8/h2-5H,6-7H2,1H3,(H,12,13). The molecule has 0 unspecified atom stereocenters. The molecular formula is C10H12FNOS. The topological polar surface area (TPSA) is 29.1 Å². The quantitative estimate of drug-likeness (QED) is 0.826. The van der Waals surface area contributed by atoms with Crippen LogP contribution in [0.3, 0.4) is 0 Å². The highest BCUT2D eigenvalue weighted by Gasteiger charge is 1.98. The molecule has 0 spiro atoms. The van der Waals surface area contributed by atoms with Gasteiger partial charge in [0, 0.05) is 12.8 Å². The lowest BCUT2D eigenvalue weighted by Crippen LogP contribution is -2.19. The molecule has 0 saturated heterocycles. The van der Waals surface area contributed by atoms with Crippen molar-refractivity contribution in [1.82, 2.24) is 5.32 Å². The van der Waals surface area contributed by atoms with E-state index in [2.05, 4.69) is 5.32 Å². The van der Waals surface area contributed by atoms with Crippen LogP contribution in [0.4, 0.5) is 4.39 Å². The van der Waals surface area contributed by atoms with Gasteiger partial charge in [0.25, 0.3) is 0 Å². The van der Waals surface area contributed by atoms with Gasteiger partial charge in [0.15, 0.2) is 0 Å². The molecule has 14 heavy (non-hydrogen) atoms. The number of halogens is 1. The summed E-state index contributed by atoms with van der Waals surface area (Å²) in [4.78, 5) is 10.9. The van der Waals surface area contributed by atoms with Gasteiger partial charge in [-0.1, -0.05) is 12.1 Å². The van der Waals surface area contributed by atoms with Gasteiger partial charge in [-0.3, -0.25) is 4.79 Å². The molecule has 76 valence electrons. The van der Waals surface area contributed by atoms with Gasteiger partial charge in [-0.15, -0.1) is 11.8 Å². The Balaban J connectivity index is 2.31. The molecule has 0 fully saturated rings. The Labute approximate surface area is 86.9 Å². The van der Waals surface area contributed by atoms with Crippen LogP contribution in [0.2, 0.25) is 0 Å². The van der Waals surface area contributed by atoms with Crippen molar-refractivity contribution >= 4 is 17.7 Å². The summed E-state index contributed by atoms with van der Waals surface area (Å²) < 4.78 is 12.5. The molecule has 0 radical (unpaired) electrons. The number of nitrogens with one attached hydrogen (secondary N) is 1. The van der Waals surface area contributed by atoms with E-state index in [9.17, 15) is 9.18 Å². The highest BCUT2D eigenvalue weighted by molar-refractivity contribution is 7.99. The maximum atomic E-state index is 12.5. The first kappa shape index (κ1) is 11.0. The van der Waals surface area contributed by atoms with Gasteiger partial charge in [0.2, 0.25) is 5.91 Å². The van der Waals surface area contributed by atoms with E-state index < -0.39 is 0 Å². The third-order valence-electron chi connectivity index (χ3n) is 1.69. The van der Waals surface area contributed by atoms with Crippen LogP contribution >= 0.6 is 11.8 Å². The van der Waals surface area contributed by atoms with Crippen molar-refractivity contribution in [3.8, 4) is 0 Å². The summed E-state index contributed by atoms with van der Waals surface area (Å²) in [6.07, 6.45) is 0. The van der Waals surface area contributed by atoms with Crippen LogP contribution in [0, 0.1) is 5.82 Å². The Morgan fingerprint density at radius 1 is 1.43 bits per heavy atom. The lowest BCUT2D eigenvalue weighted by molar-refractivity contribution is -0.118. The second-order valence-corrected chi connectivity index (χ2v) is 3.78. The van der Waals surface area contributed by atoms with Gasteiger partial charge in [-0.2, -0.15) is 0 Å². The molecule has 2 nitrogen and oxygen atoms in total. The fraction of sp³-hybridized carbons (Fsp3) is 0.300. The van der Waals surface area contributed by atoms with E-state index in [0.717, 1.165) is 11.3 Å². The molecule has 1 aromatic carbocycles. The minimum absolute atomic E-state index is 0.0112. The van der Waals surface area contributed by atoms with E-state index in [1.807, 2.05) is 0 Å². The molecule has 0 saturated carbocycles. The Morgan fingerprint density at radius 2 is 2.07 bits per heavy atom. The van der Waals surface area contributed by atoms with Crippen molar-refractivity contribution in [1.29, 1.82) is 0 Å². The van der Waals surface area contributed by atoms with Crippen molar-refractivity contribution < 1.29 is 9.18 Å². The summed E-state index contributed by atoms with van der Waals surface area (Å²) in [6.45, 7) is 0. The summed E-state index contributed by atoms with van der Waals surface area (Å²) in [5, 5.41) is 2.54. The van der Waals surface area contributed by atoms with Gasteiger partial charge in [0.05, 0.1) is 5.75 Å². The van der Waals surface area contributed by atoms with Gasteiger partial charge in [0.1, 0.15) is 5.82 Å². The molecule has 1 amide bonds. The fourth-order valence-corrected chi connectivity index (χ4v) is 1.77. The number of hydrogen-bond acceptors (Lipinski definition) is 2. The number of hydrogen-bond donors (Lipinski definition) is 1. The maximum absolute atomic E-state index is 12.5. The number of benzene rings is 1. The molecule has 0 aromatic heterocycles. The molecule has 0 bridgehead atoms. The van der Waals surface area contributed by atoms with Crippen LogP contribution in [0.15, 0.2) is 24.3 Å². The van der Waals surface area contributed by atoms with E-state index >= 15 is 0 Å². The fourth-order valence-electron chi connectivity index (χ4n) is 0.914. The normalized spacial score (nSPS) is 9.86. The van der Waals surface area contributed by atoms with Gasteiger partial charge in [-0.25, -0.2) is 4.39 Å². The van der Waals surface area contributed by atoms with Crippen LogP contribution in [-0.4, -0.2) is 18.7 Å². The zero-order valence-corrected chi connectivity index (χ0v) is 8.73. The van der Waals surface area contributed by atoms with Gasteiger partial charge in [-0.05, 0) is 17.7 Å². The van der Waals surface area contributed by atoms with Crippen molar-refractivity contribution in [2.24, 2.45) is 0 Å². The summed E-state index contributed by atoms with van der Waals surface area (Å²) in [7, 11) is 1.61. The molecule has 1 aromatic rings. The largest absolute Gasteiger partial charge is 0.358 e. The predicted molar refractivity (Wildman–Crippen MR) is 56.6 cm³/mol. The number of thioether (sulfide) groups is 1. The van der Waals surface area contributed by atoms with Crippen LogP contribution in [0.1, 0.15) is 5.56 Å². The number of amides is 1. The van der Waals surface area contributed by atoms with Crippen molar-refractivity contribution in [2.75, 3.05) is 12.8 Å². The molecule has 1 rings (SSSR count). The molecule has 0 aliphatic heterocycles. The van der Waals surface area contributed by atoms with Crippen LogP contribution in [0.25, 0.3) is 0 Å². The Kier molecular flexibility index (Phi) is 4.46. The monoisotopic (exact) mass is 213 g/mol. The van der Waals surface area contributed by atoms with Crippen molar-refractivity contribution in [3.05, 3.63) is 35.6 Å². The number of carbonyl (C=O) groups is 1. The predicted octanol–water partition coefficient (Wildman–Crippen LogP) is 1.80. The minimum atomic E-state index is -0.231. The number of carbonyl (C=O) groups excluding carboxylic acids is 1. The molecule has 0 aliphatic carbocycles. The third kappa shape index (κ3) is 3.79. The zero-order chi connectivity index (χ0) is 10.4. The first-order valence-electron chi connectivity index (χ1n) is 4.25. The van der Waals surface area contributed by atoms with Gasteiger partial charge >= 0.3 is 0 Å². The van der Waals surface area contributed by atoms with E-state index in [1.165, 1.54) is 23.9 Å². The summed E-state index contributed by atoms with van der Waals surface area (Å²) in [5.41, 5.74) is 1.03. The molecule has 0 heterocycles. The average Bonchev–Trinajstić information content (AvgIpc) is 2.21. The molecule has 1 N–H and O–H groups in total. The van der Waals surface area contributed by atoms with Crippen molar-refractivity contribution in [3.63, 3.8) is 0 Å². The molecular weight excluding hydrogens is 201 g/mol. The second-order valence-electron chi connectivity index (χ2n) is 2.79. The van der Waals surface area contributed by atoms with Crippen molar-refractivity contribution in [2.45, 2.75) is 5.75 Å². The summed E-state index contributed by atoms with van der Waals surface area (Å²) in [6, 6.07) is 6.31. The average molecular weight is 213 g/mol. The smallest absolute Gasteiger partial charge is 0.229 e. The first-order chi connectivity index (χ1) is 6.72. The van der Waals surface area contributed by atoms with Crippen LogP contribution in [-0.2, 0) is 10.5 Å². The molecule has 0 aliphatic rings. The maximum Gasteiger partial charge on any atom is 0.229 e. The lowest BCUT2D eigenvalue weighted by Gasteiger charge is -2.00. The van der Waals surface area contributed by atoms with E-state index in [1.54, 1.807) is 19.2 Å². The highest BCUT2D eigenvalue weighted by atomic mass is 32.2. The Morgan fingerprint density at radius 3 is 2.64 bits per heavy atom. The van der Waals surface area contributed by atoms with Gasteiger partial charge < -0.3 is 5.32 Å². The van der Waals surface area contributed by atoms with Crippen LogP contribution in [0.5, 0.6) is 0 Å². The Bertz CT molecular complexity index is 299. The van der Waals surface area contributed by atoms with E-state index in [0.29, 0.717) is 5.75 Å². The first-order valence-corrected chi connectivity index (χ1v) is 5.40. The SMILES string of the molecule is CNC(=O)CSCc1ccc(F)cc1. The minimum Gasteiger partial charge on any atom is -0.358 e. The number of rotatable bonds is 4. The van der Waals surface area contributed by atoms with E-state index in [4.69, 9.17) is 0 Å². The third-order valence-corrected chi connectivity index (χ3v) is 2.70. The Hall–Kier alpha value is -1.03. The molecule has 0 atom stereocenters. The summed E-state index contributed by atoms with van der Waals surface area (Å²) >= 11 is 1.51. The highest BCUT2D eigenvalue weighted by Crippen LogP contribution is 2.12. The zero-order valence-electron chi connectivity index (χ0n) is 7.92.